The van der Waals surface area contributed by atoms with Crippen LogP contribution in [-0.2, 0) is 4.74 Å². The third kappa shape index (κ3) is 5.48. The zero-order valence-corrected chi connectivity index (χ0v) is 16.4. The van der Waals surface area contributed by atoms with Gasteiger partial charge in [-0.3, -0.25) is 0 Å². The summed E-state index contributed by atoms with van der Waals surface area (Å²) in [6.07, 6.45) is 16.0. The Labute approximate surface area is 146 Å². The largest absolute Gasteiger partial charge is 0.378 e. The summed E-state index contributed by atoms with van der Waals surface area (Å²) < 4.78 is 6.28. The van der Waals surface area contributed by atoms with E-state index in [0.29, 0.717) is 6.10 Å². The van der Waals surface area contributed by atoms with E-state index in [0.717, 1.165) is 36.2 Å². The smallest absolute Gasteiger partial charge is 0.0603 e. The second kappa shape index (κ2) is 10.1. The fourth-order valence-electron chi connectivity index (χ4n) is 5.30. The Hall–Kier alpha value is -0.0400. The Morgan fingerprint density at radius 1 is 0.783 bits per heavy atom. The minimum absolute atomic E-state index is 0.537. The van der Waals surface area contributed by atoms with Crippen molar-refractivity contribution in [1.82, 2.24) is 0 Å². The minimum Gasteiger partial charge on any atom is -0.378 e. The minimum atomic E-state index is 0.537. The number of rotatable bonds is 8. The summed E-state index contributed by atoms with van der Waals surface area (Å²) in [5, 5.41) is 0. The van der Waals surface area contributed by atoms with Crippen LogP contribution < -0.4 is 0 Å². The van der Waals surface area contributed by atoms with Crippen molar-refractivity contribution in [3.8, 4) is 0 Å². The molecular weight excluding hydrogens is 280 g/mol. The van der Waals surface area contributed by atoms with Gasteiger partial charge < -0.3 is 4.74 Å². The molecule has 0 bridgehead atoms. The van der Waals surface area contributed by atoms with Crippen molar-refractivity contribution in [2.75, 3.05) is 6.61 Å². The highest BCUT2D eigenvalue weighted by Crippen LogP contribution is 2.45. The Kier molecular flexibility index (Phi) is 8.44. The summed E-state index contributed by atoms with van der Waals surface area (Å²) in [4.78, 5) is 0. The van der Waals surface area contributed by atoms with Gasteiger partial charge >= 0.3 is 0 Å². The molecule has 2 aliphatic carbocycles. The van der Waals surface area contributed by atoms with Crippen LogP contribution in [0.15, 0.2) is 0 Å². The van der Waals surface area contributed by atoms with E-state index in [-0.39, 0.29) is 0 Å². The zero-order valence-electron chi connectivity index (χ0n) is 16.4. The van der Waals surface area contributed by atoms with Crippen molar-refractivity contribution < 1.29 is 4.74 Å². The van der Waals surface area contributed by atoms with Crippen LogP contribution in [-0.4, -0.2) is 12.7 Å². The highest BCUT2D eigenvalue weighted by atomic mass is 16.5. The van der Waals surface area contributed by atoms with E-state index >= 15 is 0 Å². The Morgan fingerprint density at radius 3 is 2.17 bits per heavy atom. The molecule has 2 fully saturated rings. The molecule has 0 radical (unpaired) electrons. The zero-order chi connectivity index (χ0) is 16.7. The van der Waals surface area contributed by atoms with Gasteiger partial charge in [0.1, 0.15) is 0 Å². The molecule has 4 atom stereocenters. The molecule has 1 nitrogen and oxygen atoms in total. The maximum Gasteiger partial charge on any atom is 0.0603 e. The lowest BCUT2D eigenvalue weighted by Gasteiger charge is -2.45. The molecular formula is C22H42O. The molecule has 2 saturated carbocycles. The fourth-order valence-corrected chi connectivity index (χ4v) is 5.30. The number of hydrogen-bond acceptors (Lipinski definition) is 1. The van der Waals surface area contributed by atoms with Crippen molar-refractivity contribution in [3.05, 3.63) is 0 Å². The van der Waals surface area contributed by atoms with Crippen LogP contribution in [0.4, 0.5) is 0 Å². The highest BCUT2D eigenvalue weighted by Gasteiger charge is 2.39. The maximum absolute atomic E-state index is 6.28. The van der Waals surface area contributed by atoms with Gasteiger partial charge in [0.15, 0.2) is 0 Å². The summed E-state index contributed by atoms with van der Waals surface area (Å²) in [5.41, 5.74) is 0. The van der Waals surface area contributed by atoms with Crippen LogP contribution in [0.25, 0.3) is 0 Å². The highest BCUT2D eigenvalue weighted by molar-refractivity contribution is 4.89. The van der Waals surface area contributed by atoms with Gasteiger partial charge in [0.05, 0.1) is 6.10 Å². The van der Waals surface area contributed by atoms with Gasteiger partial charge in [-0.1, -0.05) is 66.2 Å². The van der Waals surface area contributed by atoms with E-state index in [9.17, 15) is 0 Å². The molecule has 0 heterocycles. The van der Waals surface area contributed by atoms with Crippen molar-refractivity contribution >= 4 is 0 Å². The molecule has 0 aromatic carbocycles. The average molecular weight is 323 g/mol. The first-order chi connectivity index (χ1) is 11.2. The van der Waals surface area contributed by atoms with Crippen LogP contribution in [0.5, 0.6) is 0 Å². The van der Waals surface area contributed by atoms with Crippen LogP contribution >= 0.6 is 0 Å². The Balaban J connectivity index is 1.74. The fraction of sp³-hybridized carbons (Fsp3) is 1.00. The molecule has 2 aliphatic rings. The topological polar surface area (TPSA) is 9.23 Å². The predicted octanol–water partition coefficient (Wildman–Crippen LogP) is 6.85. The molecule has 0 spiro atoms. The third-order valence-electron chi connectivity index (χ3n) is 7.28. The Bertz CT molecular complexity index is 305. The van der Waals surface area contributed by atoms with Crippen molar-refractivity contribution in [3.63, 3.8) is 0 Å². The summed E-state index contributed by atoms with van der Waals surface area (Å²) in [7, 11) is 0. The Morgan fingerprint density at radius 2 is 1.52 bits per heavy atom. The van der Waals surface area contributed by atoms with Crippen LogP contribution in [0.2, 0.25) is 0 Å². The lowest BCUT2D eigenvalue weighted by atomic mass is 9.63. The molecule has 0 aromatic rings. The first-order valence-corrected chi connectivity index (χ1v) is 10.8. The molecule has 23 heavy (non-hydrogen) atoms. The van der Waals surface area contributed by atoms with Gasteiger partial charge in [0.2, 0.25) is 0 Å². The van der Waals surface area contributed by atoms with E-state index < -0.39 is 0 Å². The van der Waals surface area contributed by atoms with E-state index in [2.05, 4.69) is 27.7 Å². The van der Waals surface area contributed by atoms with Crippen molar-refractivity contribution in [2.24, 2.45) is 29.6 Å². The first-order valence-electron chi connectivity index (χ1n) is 10.8. The van der Waals surface area contributed by atoms with Crippen LogP contribution in [0.3, 0.4) is 0 Å². The molecule has 0 saturated heterocycles. The second-order valence-corrected chi connectivity index (χ2v) is 8.62. The summed E-state index contributed by atoms with van der Waals surface area (Å²) in [6, 6.07) is 0. The van der Waals surface area contributed by atoms with E-state index in [1.165, 1.54) is 70.6 Å². The maximum atomic E-state index is 6.28. The average Bonchev–Trinajstić information content (AvgIpc) is 2.58. The van der Waals surface area contributed by atoms with Crippen LogP contribution in [0.1, 0.15) is 98.3 Å². The van der Waals surface area contributed by atoms with Gasteiger partial charge in [0, 0.05) is 6.61 Å². The second-order valence-electron chi connectivity index (χ2n) is 8.62. The molecule has 0 amide bonds. The first kappa shape index (κ1) is 19.3. The van der Waals surface area contributed by atoms with Crippen LogP contribution in [0, 0.1) is 29.6 Å². The molecule has 136 valence electrons. The standard InChI is InChI=1S/C22H42O/c1-5-7-8-9-16-23-22-15-14-21(17(3)18(22)4)20-12-10-19(6-2)11-13-20/h17-22H,5-16H2,1-4H3. The van der Waals surface area contributed by atoms with E-state index in [4.69, 9.17) is 4.74 Å². The van der Waals surface area contributed by atoms with Gasteiger partial charge in [-0.15, -0.1) is 0 Å². The molecule has 4 unspecified atom stereocenters. The number of hydrogen-bond donors (Lipinski definition) is 0. The number of ether oxygens (including phenoxy) is 1. The van der Waals surface area contributed by atoms with Gasteiger partial charge in [-0.25, -0.2) is 0 Å². The quantitative estimate of drug-likeness (QED) is 0.444. The summed E-state index contributed by atoms with van der Waals surface area (Å²) >= 11 is 0. The van der Waals surface area contributed by atoms with Crippen molar-refractivity contribution in [2.45, 2.75) is 104 Å². The summed E-state index contributed by atoms with van der Waals surface area (Å²) in [5.74, 6) is 4.63. The normalized spacial score (nSPS) is 38.6. The predicted molar refractivity (Wildman–Crippen MR) is 101 cm³/mol. The molecule has 0 N–H and O–H groups in total. The van der Waals surface area contributed by atoms with Gasteiger partial charge in [-0.2, -0.15) is 0 Å². The SMILES string of the molecule is CCCCCCOC1CCC(C2CCC(CC)CC2)C(C)C1C. The monoisotopic (exact) mass is 322 g/mol. The third-order valence-corrected chi connectivity index (χ3v) is 7.28. The molecule has 1 heteroatoms. The van der Waals surface area contributed by atoms with Gasteiger partial charge in [0.25, 0.3) is 0 Å². The van der Waals surface area contributed by atoms with E-state index in [1.807, 2.05) is 0 Å². The number of unbranched alkanes of at least 4 members (excludes halogenated alkanes) is 3. The lowest BCUT2D eigenvalue weighted by Crippen LogP contribution is -2.40. The van der Waals surface area contributed by atoms with Gasteiger partial charge in [-0.05, 0) is 61.7 Å². The van der Waals surface area contributed by atoms with E-state index in [1.54, 1.807) is 0 Å². The molecule has 0 aliphatic heterocycles. The summed E-state index contributed by atoms with van der Waals surface area (Å²) in [6.45, 7) is 10.6. The molecule has 2 rings (SSSR count). The van der Waals surface area contributed by atoms with Crippen molar-refractivity contribution in [1.29, 1.82) is 0 Å². The lowest BCUT2D eigenvalue weighted by molar-refractivity contribution is -0.0561. The molecule has 0 aromatic heterocycles.